The molecular weight excluding hydrogens is 456 g/mol. The van der Waals surface area contributed by atoms with Crippen molar-refractivity contribution >= 4 is 6.08 Å². The molecule has 5 rings (SSSR count). The quantitative estimate of drug-likeness (QED) is 0.343. The Balaban J connectivity index is 1.41. The molecule has 0 saturated heterocycles. The Bertz CT molecular complexity index is 1300. The second kappa shape index (κ2) is 10.5. The van der Waals surface area contributed by atoms with Crippen molar-refractivity contribution in [3.05, 3.63) is 100 Å². The zero-order valence-corrected chi connectivity index (χ0v) is 24.8. The molecule has 0 amide bonds. The first-order valence-electron chi connectivity index (χ1n) is 15.0. The molecule has 1 saturated carbocycles. The average Bonchev–Trinajstić information content (AvgIpc) is 3.44. The van der Waals surface area contributed by atoms with E-state index in [9.17, 15) is 0 Å². The van der Waals surface area contributed by atoms with Crippen LogP contribution in [0.25, 0.3) is 17.2 Å². The van der Waals surface area contributed by atoms with Crippen LogP contribution in [0.3, 0.4) is 0 Å². The van der Waals surface area contributed by atoms with Crippen LogP contribution in [0.5, 0.6) is 0 Å². The standard InChI is InChI=1S/C38H48/c1-24-12-14-29(17-24)20-35-27(4)16-25(2)18-37(35)33-11-9-10-31-19-30(22-36(31)33)21-34-26(3)13-15-32(28(34)5)23-38(6,7)8/h9-11,13,15-16,18-19,24,29,32,34H,3,5,12,14,17,20-23H2,1-2,4,6-8H3. The Morgan fingerprint density at radius 2 is 1.76 bits per heavy atom. The fourth-order valence-corrected chi connectivity index (χ4v) is 7.49. The van der Waals surface area contributed by atoms with E-state index in [1.165, 1.54) is 75.8 Å². The molecule has 0 radical (unpaired) electrons. The van der Waals surface area contributed by atoms with Crippen molar-refractivity contribution in [1.29, 1.82) is 0 Å². The third-order valence-electron chi connectivity index (χ3n) is 9.39. The van der Waals surface area contributed by atoms with Gasteiger partial charge in [0.15, 0.2) is 0 Å². The third-order valence-corrected chi connectivity index (χ3v) is 9.39. The molecular formula is C38H48. The Hall–Kier alpha value is -2.60. The summed E-state index contributed by atoms with van der Waals surface area (Å²) in [6.45, 7) is 23.1. The smallest absolute Gasteiger partial charge is 0.00827 e. The lowest BCUT2D eigenvalue weighted by Crippen LogP contribution is -2.21. The van der Waals surface area contributed by atoms with Crippen molar-refractivity contribution in [1.82, 2.24) is 0 Å². The van der Waals surface area contributed by atoms with E-state index in [2.05, 4.69) is 103 Å². The fourth-order valence-electron chi connectivity index (χ4n) is 7.49. The summed E-state index contributed by atoms with van der Waals surface area (Å²) in [7, 11) is 0. The van der Waals surface area contributed by atoms with Crippen molar-refractivity contribution in [2.75, 3.05) is 0 Å². The topological polar surface area (TPSA) is 0 Å². The number of hydrogen-bond donors (Lipinski definition) is 0. The molecule has 0 heterocycles. The van der Waals surface area contributed by atoms with Crippen LogP contribution in [0.4, 0.5) is 0 Å². The molecule has 3 aliphatic carbocycles. The van der Waals surface area contributed by atoms with Crippen LogP contribution in [0.1, 0.15) is 87.6 Å². The maximum Gasteiger partial charge on any atom is 0.00827 e. The van der Waals surface area contributed by atoms with Gasteiger partial charge in [-0.15, -0.1) is 0 Å². The zero-order chi connectivity index (χ0) is 27.2. The van der Waals surface area contributed by atoms with Crippen LogP contribution in [0, 0.1) is 42.9 Å². The molecule has 0 nitrogen and oxygen atoms in total. The van der Waals surface area contributed by atoms with E-state index in [1.54, 1.807) is 5.56 Å². The van der Waals surface area contributed by atoms with E-state index in [0.717, 1.165) is 31.1 Å². The van der Waals surface area contributed by atoms with Gasteiger partial charge in [-0.05, 0) is 114 Å². The van der Waals surface area contributed by atoms with Crippen LogP contribution < -0.4 is 0 Å². The first-order valence-corrected chi connectivity index (χ1v) is 15.0. The van der Waals surface area contributed by atoms with E-state index in [4.69, 9.17) is 0 Å². The van der Waals surface area contributed by atoms with Gasteiger partial charge in [0.1, 0.15) is 0 Å². The minimum absolute atomic E-state index is 0.291. The fraction of sp³-hybridized carbons (Fsp3) is 0.474. The first-order chi connectivity index (χ1) is 18.0. The van der Waals surface area contributed by atoms with Gasteiger partial charge in [0.05, 0.1) is 0 Å². The summed E-state index contributed by atoms with van der Waals surface area (Å²) in [6, 6.07) is 11.8. The summed E-state index contributed by atoms with van der Waals surface area (Å²) in [4.78, 5) is 0. The minimum Gasteiger partial charge on any atom is -0.0986 e. The molecule has 38 heavy (non-hydrogen) atoms. The van der Waals surface area contributed by atoms with Gasteiger partial charge in [0.2, 0.25) is 0 Å². The van der Waals surface area contributed by atoms with Gasteiger partial charge in [0.25, 0.3) is 0 Å². The summed E-state index contributed by atoms with van der Waals surface area (Å²) in [5, 5.41) is 0. The minimum atomic E-state index is 0.291. The van der Waals surface area contributed by atoms with Crippen LogP contribution >= 0.6 is 0 Å². The first kappa shape index (κ1) is 27.0. The average molecular weight is 505 g/mol. The number of rotatable bonds is 6. The summed E-state index contributed by atoms with van der Waals surface area (Å²) in [6.07, 6.45) is 15.7. The molecule has 0 bridgehead atoms. The van der Waals surface area contributed by atoms with Gasteiger partial charge in [0, 0.05) is 5.92 Å². The van der Waals surface area contributed by atoms with Crippen molar-refractivity contribution in [3.8, 4) is 11.1 Å². The lowest BCUT2D eigenvalue weighted by molar-refractivity contribution is 0.334. The molecule has 0 spiro atoms. The summed E-state index contributed by atoms with van der Waals surface area (Å²) >= 11 is 0. The van der Waals surface area contributed by atoms with Crippen LogP contribution in [0.2, 0.25) is 0 Å². The van der Waals surface area contributed by atoms with Crippen LogP contribution in [-0.4, -0.2) is 0 Å². The van der Waals surface area contributed by atoms with E-state index >= 15 is 0 Å². The number of allylic oxidation sites excluding steroid dienone is 5. The van der Waals surface area contributed by atoms with E-state index in [-0.39, 0.29) is 0 Å². The lowest BCUT2D eigenvalue weighted by Gasteiger charge is -2.33. The second-order valence-corrected chi connectivity index (χ2v) is 14.1. The van der Waals surface area contributed by atoms with Crippen LogP contribution in [-0.2, 0) is 12.8 Å². The van der Waals surface area contributed by atoms with Gasteiger partial charge in [-0.2, -0.15) is 0 Å². The molecule has 2 aromatic rings. The summed E-state index contributed by atoms with van der Waals surface area (Å²) in [5.41, 5.74) is 14.7. The summed E-state index contributed by atoms with van der Waals surface area (Å²) in [5.74, 6) is 2.50. The predicted octanol–water partition coefficient (Wildman–Crippen LogP) is 10.6. The molecule has 0 aliphatic heterocycles. The molecule has 0 aromatic heterocycles. The molecule has 1 fully saturated rings. The number of hydrogen-bond acceptors (Lipinski definition) is 0. The van der Waals surface area contributed by atoms with E-state index in [1.807, 2.05) is 0 Å². The van der Waals surface area contributed by atoms with Crippen molar-refractivity contribution in [2.24, 2.45) is 29.1 Å². The van der Waals surface area contributed by atoms with Crippen molar-refractivity contribution in [2.45, 2.75) is 86.5 Å². The lowest BCUT2D eigenvalue weighted by atomic mass is 9.71. The van der Waals surface area contributed by atoms with Gasteiger partial charge in [-0.25, -0.2) is 0 Å². The molecule has 3 aliphatic rings. The molecule has 2 aromatic carbocycles. The normalized spacial score (nSPS) is 25.2. The number of fused-ring (bicyclic) bond motifs is 1. The molecule has 200 valence electrons. The largest absolute Gasteiger partial charge is 0.0986 e. The number of benzene rings is 2. The van der Waals surface area contributed by atoms with Crippen LogP contribution in [0.15, 0.2) is 72.4 Å². The molecule has 0 N–H and O–H groups in total. The van der Waals surface area contributed by atoms with Gasteiger partial charge < -0.3 is 0 Å². The Labute approximate surface area is 232 Å². The number of aryl methyl sites for hydroxylation is 2. The van der Waals surface area contributed by atoms with Gasteiger partial charge in [-0.3, -0.25) is 0 Å². The highest BCUT2D eigenvalue weighted by atomic mass is 14.3. The zero-order valence-electron chi connectivity index (χ0n) is 24.8. The maximum absolute atomic E-state index is 4.61. The summed E-state index contributed by atoms with van der Waals surface area (Å²) < 4.78 is 0. The highest BCUT2D eigenvalue weighted by Gasteiger charge is 2.30. The Morgan fingerprint density at radius 1 is 0.974 bits per heavy atom. The highest BCUT2D eigenvalue weighted by Crippen LogP contribution is 2.44. The molecule has 4 atom stereocenters. The predicted molar refractivity (Wildman–Crippen MR) is 166 cm³/mol. The van der Waals surface area contributed by atoms with Gasteiger partial charge in [-0.1, -0.05) is 113 Å². The monoisotopic (exact) mass is 504 g/mol. The van der Waals surface area contributed by atoms with E-state index in [0.29, 0.717) is 17.3 Å². The molecule has 0 heteroatoms. The highest BCUT2D eigenvalue weighted by molar-refractivity contribution is 5.80. The molecule has 4 unspecified atom stereocenters. The maximum atomic E-state index is 4.61. The second-order valence-electron chi connectivity index (χ2n) is 14.1. The Morgan fingerprint density at radius 3 is 2.47 bits per heavy atom. The van der Waals surface area contributed by atoms with E-state index < -0.39 is 0 Å². The third kappa shape index (κ3) is 5.70. The Kier molecular flexibility index (Phi) is 7.47. The van der Waals surface area contributed by atoms with Crippen molar-refractivity contribution < 1.29 is 0 Å². The van der Waals surface area contributed by atoms with Crippen molar-refractivity contribution in [3.63, 3.8) is 0 Å². The van der Waals surface area contributed by atoms with Gasteiger partial charge >= 0.3 is 0 Å². The SMILES string of the molecule is C=C1C=CC(CC(C)(C)C)C(=C)C1CC1=Cc2cccc(-c3cc(C)cc(C)c3CC3CCC(C)C3)c2C1.